The Morgan fingerprint density at radius 3 is 3.00 bits per heavy atom. The summed E-state index contributed by atoms with van der Waals surface area (Å²) in [7, 11) is 1.64. The molecule has 0 aromatic carbocycles. The van der Waals surface area contributed by atoms with E-state index in [2.05, 4.69) is 24.1 Å². The van der Waals surface area contributed by atoms with Gasteiger partial charge in [0.25, 0.3) is 0 Å². The van der Waals surface area contributed by atoms with Crippen molar-refractivity contribution in [3.8, 4) is 5.88 Å². The van der Waals surface area contributed by atoms with Crippen molar-refractivity contribution in [3.05, 3.63) is 23.9 Å². The van der Waals surface area contributed by atoms with Crippen LogP contribution < -0.4 is 10.1 Å². The minimum Gasteiger partial charge on any atom is -0.481 e. The van der Waals surface area contributed by atoms with E-state index < -0.39 is 0 Å². The van der Waals surface area contributed by atoms with Crippen molar-refractivity contribution in [2.75, 3.05) is 13.7 Å². The number of methoxy groups -OCH3 is 1. The van der Waals surface area contributed by atoms with Crippen LogP contribution in [-0.4, -0.2) is 18.6 Å². The smallest absolute Gasteiger partial charge is 0.213 e. The first kappa shape index (κ1) is 13.0. The summed E-state index contributed by atoms with van der Waals surface area (Å²) < 4.78 is 5.08. The molecular weight excluding hydrogens is 200 g/mol. The number of hydrogen-bond acceptors (Lipinski definition) is 3. The van der Waals surface area contributed by atoms with E-state index in [4.69, 9.17) is 4.74 Å². The minimum atomic E-state index is 0.681. The van der Waals surface area contributed by atoms with E-state index in [0.29, 0.717) is 5.88 Å². The lowest BCUT2D eigenvalue weighted by molar-refractivity contribution is 0.396. The summed E-state index contributed by atoms with van der Waals surface area (Å²) in [6, 6.07) is 3.98. The summed E-state index contributed by atoms with van der Waals surface area (Å²) in [6.07, 6.45) is 4.32. The summed E-state index contributed by atoms with van der Waals surface area (Å²) in [4.78, 5) is 4.08. The van der Waals surface area contributed by atoms with E-state index in [1.165, 1.54) is 18.4 Å². The van der Waals surface area contributed by atoms with E-state index in [-0.39, 0.29) is 0 Å². The topological polar surface area (TPSA) is 34.2 Å². The van der Waals surface area contributed by atoms with Gasteiger partial charge in [-0.3, -0.25) is 0 Å². The molecule has 90 valence electrons. The van der Waals surface area contributed by atoms with E-state index in [1.54, 1.807) is 13.3 Å². The molecule has 16 heavy (non-hydrogen) atoms. The summed E-state index contributed by atoms with van der Waals surface area (Å²) in [5, 5.41) is 3.45. The molecule has 1 heterocycles. The van der Waals surface area contributed by atoms with Gasteiger partial charge in [0.15, 0.2) is 0 Å². The zero-order valence-electron chi connectivity index (χ0n) is 10.5. The Kier molecular flexibility index (Phi) is 5.86. The maximum Gasteiger partial charge on any atom is 0.213 e. The summed E-state index contributed by atoms with van der Waals surface area (Å²) >= 11 is 0. The average Bonchev–Trinajstić information content (AvgIpc) is 2.30. The quantitative estimate of drug-likeness (QED) is 0.770. The van der Waals surface area contributed by atoms with Gasteiger partial charge < -0.3 is 10.1 Å². The maximum absolute atomic E-state index is 5.08. The van der Waals surface area contributed by atoms with Crippen LogP contribution in [0.1, 0.15) is 32.3 Å². The molecular formula is C13H22N2O. The molecule has 0 bridgehead atoms. The third-order valence-electron chi connectivity index (χ3n) is 2.61. The molecule has 0 amide bonds. The van der Waals surface area contributed by atoms with Gasteiger partial charge in [0, 0.05) is 18.8 Å². The van der Waals surface area contributed by atoms with Crippen molar-refractivity contribution in [3.63, 3.8) is 0 Å². The molecule has 0 saturated carbocycles. The molecule has 3 heteroatoms. The fraction of sp³-hybridized carbons (Fsp3) is 0.615. The van der Waals surface area contributed by atoms with Crippen LogP contribution >= 0.6 is 0 Å². The molecule has 0 fully saturated rings. The van der Waals surface area contributed by atoms with Crippen molar-refractivity contribution in [2.24, 2.45) is 5.92 Å². The van der Waals surface area contributed by atoms with Crippen LogP contribution in [0.25, 0.3) is 0 Å². The Bertz CT molecular complexity index is 302. The number of aromatic nitrogens is 1. The van der Waals surface area contributed by atoms with Crippen LogP contribution in [0.2, 0.25) is 0 Å². The highest BCUT2D eigenvalue weighted by atomic mass is 16.5. The Balaban J connectivity index is 2.31. The molecule has 1 atom stereocenters. The molecule has 0 aliphatic heterocycles. The molecule has 3 nitrogen and oxygen atoms in total. The number of nitrogens with zero attached hydrogens (tertiary/aromatic N) is 1. The lowest BCUT2D eigenvalue weighted by atomic mass is 10.1. The van der Waals surface area contributed by atoms with E-state index in [9.17, 15) is 0 Å². The van der Waals surface area contributed by atoms with E-state index >= 15 is 0 Å². The molecule has 0 radical (unpaired) electrons. The highest BCUT2D eigenvalue weighted by Crippen LogP contribution is 2.08. The fourth-order valence-corrected chi connectivity index (χ4v) is 1.73. The predicted molar refractivity (Wildman–Crippen MR) is 66.6 cm³/mol. The second-order valence-electron chi connectivity index (χ2n) is 4.23. The standard InChI is InChI=1S/C13H22N2O/c1-4-5-11(2)9-14-10-12-6-7-15-13(8-12)16-3/h6-8,11,14H,4-5,9-10H2,1-3H3. The van der Waals surface area contributed by atoms with E-state index in [0.717, 1.165) is 19.0 Å². The molecule has 0 spiro atoms. The third kappa shape index (κ3) is 4.62. The number of ether oxygens (including phenoxy) is 1. The highest BCUT2D eigenvalue weighted by molar-refractivity contribution is 5.20. The van der Waals surface area contributed by atoms with Crippen LogP contribution in [-0.2, 0) is 6.54 Å². The molecule has 1 rings (SSSR count). The maximum atomic E-state index is 5.08. The van der Waals surface area contributed by atoms with Crippen molar-refractivity contribution in [1.82, 2.24) is 10.3 Å². The van der Waals surface area contributed by atoms with Crippen LogP contribution in [0, 0.1) is 5.92 Å². The van der Waals surface area contributed by atoms with Gasteiger partial charge in [0.2, 0.25) is 5.88 Å². The number of rotatable bonds is 7. The normalized spacial score (nSPS) is 12.4. The second-order valence-corrected chi connectivity index (χ2v) is 4.23. The fourth-order valence-electron chi connectivity index (χ4n) is 1.73. The molecule has 0 saturated heterocycles. The van der Waals surface area contributed by atoms with Crippen LogP contribution in [0.3, 0.4) is 0 Å². The Hall–Kier alpha value is -1.09. The van der Waals surface area contributed by atoms with Gasteiger partial charge in [-0.2, -0.15) is 0 Å². The first-order valence-corrected chi connectivity index (χ1v) is 5.96. The third-order valence-corrected chi connectivity index (χ3v) is 2.61. The largest absolute Gasteiger partial charge is 0.481 e. The zero-order chi connectivity index (χ0) is 11.8. The first-order valence-electron chi connectivity index (χ1n) is 5.96. The minimum absolute atomic E-state index is 0.681. The molecule has 0 aliphatic carbocycles. The molecule has 1 aromatic rings. The molecule has 1 N–H and O–H groups in total. The number of nitrogens with one attached hydrogen (secondary N) is 1. The van der Waals surface area contributed by atoms with Gasteiger partial charge >= 0.3 is 0 Å². The molecule has 0 aliphatic rings. The predicted octanol–water partition coefficient (Wildman–Crippen LogP) is 2.62. The van der Waals surface area contributed by atoms with E-state index in [1.807, 2.05) is 12.1 Å². The van der Waals surface area contributed by atoms with Crippen molar-refractivity contribution in [2.45, 2.75) is 33.2 Å². The lowest BCUT2D eigenvalue weighted by Crippen LogP contribution is -2.20. The summed E-state index contributed by atoms with van der Waals surface area (Å²) in [5.41, 5.74) is 1.22. The first-order chi connectivity index (χ1) is 7.76. The van der Waals surface area contributed by atoms with Crippen LogP contribution in [0.4, 0.5) is 0 Å². The van der Waals surface area contributed by atoms with Gasteiger partial charge in [-0.15, -0.1) is 0 Å². The van der Waals surface area contributed by atoms with Gasteiger partial charge in [-0.05, 0) is 30.5 Å². The molecule has 1 unspecified atom stereocenters. The number of pyridine rings is 1. The SMILES string of the molecule is CCCC(C)CNCc1ccnc(OC)c1. The Labute approximate surface area is 98.2 Å². The average molecular weight is 222 g/mol. The Morgan fingerprint density at radius 2 is 2.31 bits per heavy atom. The van der Waals surface area contributed by atoms with Crippen LogP contribution in [0.15, 0.2) is 18.3 Å². The Morgan fingerprint density at radius 1 is 1.50 bits per heavy atom. The van der Waals surface area contributed by atoms with Crippen LogP contribution in [0.5, 0.6) is 5.88 Å². The zero-order valence-corrected chi connectivity index (χ0v) is 10.5. The lowest BCUT2D eigenvalue weighted by Gasteiger charge is -2.11. The van der Waals surface area contributed by atoms with Crippen molar-refractivity contribution >= 4 is 0 Å². The van der Waals surface area contributed by atoms with Gasteiger partial charge in [-0.1, -0.05) is 20.3 Å². The second kappa shape index (κ2) is 7.23. The summed E-state index contributed by atoms with van der Waals surface area (Å²) in [5.74, 6) is 1.43. The number of hydrogen-bond donors (Lipinski definition) is 1. The van der Waals surface area contributed by atoms with Gasteiger partial charge in [0.05, 0.1) is 7.11 Å². The summed E-state index contributed by atoms with van der Waals surface area (Å²) in [6.45, 7) is 6.46. The van der Waals surface area contributed by atoms with Gasteiger partial charge in [0.1, 0.15) is 0 Å². The van der Waals surface area contributed by atoms with Crippen molar-refractivity contribution < 1.29 is 4.74 Å². The highest BCUT2D eigenvalue weighted by Gasteiger charge is 2.01. The molecule has 1 aromatic heterocycles. The van der Waals surface area contributed by atoms with Crippen molar-refractivity contribution in [1.29, 1.82) is 0 Å². The van der Waals surface area contributed by atoms with Gasteiger partial charge in [-0.25, -0.2) is 4.98 Å². The monoisotopic (exact) mass is 222 g/mol.